The fraction of sp³-hybridized carbons (Fsp3) is 1.00. The summed E-state index contributed by atoms with van der Waals surface area (Å²) in [5.74, 6) is 1.13. The lowest BCUT2D eigenvalue weighted by Crippen LogP contribution is -2.17. The molecule has 0 spiro atoms. The maximum absolute atomic E-state index is 6.19. The Hall–Kier alpha value is 0.130. The molecule has 0 aromatic heterocycles. The topological polar surface area (TPSA) is 0 Å². The van der Waals surface area contributed by atoms with Gasteiger partial charge in [-0.3, -0.25) is 0 Å². The van der Waals surface area contributed by atoms with E-state index in [2.05, 4.69) is 13.8 Å². The second-order valence-electron chi connectivity index (χ2n) is 5.49. The van der Waals surface area contributed by atoms with Gasteiger partial charge in [-0.05, 0) is 5.92 Å². The van der Waals surface area contributed by atoms with Crippen molar-refractivity contribution in [3.05, 3.63) is 0 Å². The summed E-state index contributed by atoms with van der Waals surface area (Å²) in [6, 6.07) is 0. The molecule has 1 rings (SSSR count). The molecule has 0 amide bonds. The summed E-state index contributed by atoms with van der Waals surface area (Å²) in [6.45, 7) is 4.32. The van der Waals surface area contributed by atoms with E-state index in [1.807, 2.05) is 0 Å². The molecule has 0 aromatic rings. The third-order valence-corrected chi connectivity index (χ3v) is 3.56. The van der Waals surface area contributed by atoms with Crippen molar-refractivity contribution in [1.82, 2.24) is 0 Å². The van der Waals surface area contributed by atoms with E-state index < -0.39 is 0 Å². The summed E-state index contributed by atoms with van der Waals surface area (Å²) in [5, 5.41) is -0.00552. The average molecular weight is 188 g/mol. The van der Waals surface area contributed by atoms with Crippen LogP contribution in [0.5, 0.6) is 0 Å². The first-order valence-corrected chi connectivity index (χ1v) is 6.04. The van der Waals surface area contributed by atoms with Crippen molar-refractivity contribution in [2.75, 3.05) is 0 Å². The number of hydrogen-bond donors (Lipinski definition) is 0. The molecule has 0 aliphatic heterocycles. The van der Waals surface area contributed by atoms with E-state index in [9.17, 15) is 0 Å². The zero-order valence-corrected chi connectivity index (χ0v) is 9.76. The van der Waals surface area contributed by atoms with Crippen LogP contribution in [-0.4, -0.2) is 15.7 Å². The van der Waals surface area contributed by atoms with E-state index in [4.69, 9.17) is 15.7 Å². The van der Waals surface area contributed by atoms with Gasteiger partial charge in [0.05, 0.1) is 15.7 Å². The molecule has 0 heterocycles. The third kappa shape index (κ3) is 4.11. The minimum atomic E-state index is -0.00552. The van der Waals surface area contributed by atoms with Crippen LogP contribution in [0.3, 0.4) is 0 Å². The van der Waals surface area contributed by atoms with Crippen LogP contribution in [0.25, 0.3) is 0 Å². The fourth-order valence-electron chi connectivity index (χ4n) is 2.46. The van der Waals surface area contributed by atoms with Crippen LogP contribution >= 0.6 is 0 Å². The van der Waals surface area contributed by atoms with Crippen molar-refractivity contribution in [2.45, 2.75) is 69.9 Å². The van der Waals surface area contributed by atoms with Crippen LogP contribution < -0.4 is 0 Å². The Kier molecular flexibility index (Phi) is 4.60. The van der Waals surface area contributed by atoms with Gasteiger partial charge in [0.2, 0.25) is 0 Å². The van der Waals surface area contributed by atoms with Crippen molar-refractivity contribution in [1.29, 1.82) is 0 Å². The lowest BCUT2D eigenvalue weighted by molar-refractivity contribution is 0.340. The predicted octanol–water partition coefficient (Wildman–Crippen LogP) is 3.67. The van der Waals surface area contributed by atoms with Crippen molar-refractivity contribution in [3.8, 4) is 0 Å². The van der Waals surface area contributed by atoms with Crippen LogP contribution in [0.1, 0.15) is 58.8 Å². The molecule has 2 atom stereocenters. The van der Waals surface area contributed by atoms with Gasteiger partial charge in [-0.25, -0.2) is 0 Å². The van der Waals surface area contributed by atoms with E-state index in [-0.39, 0.29) is 5.31 Å². The Morgan fingerprint density at radius 3 is 2.07 bits per heavy atom. The molecule has 2 heteroatoms. The van der Waals surface area contributed by atoms with Gasteiger partial charge < -0.3 is 0 Å². The van der Waals surface area contributed by atoms with Gasteiger partial charge in [0.1, 0.15) is 0 Å². The molecule has 1 saturated carbocycles. The van der Waals surface area contributed by atoms with Gasteiger partial charge in [0.15, 0.2) is 0 Å². The van der Waals surface area contributed by atoms with Crippen molar-refractivity contribution in [3.63, 3.8) is 0 Å². The van der Waals surface area contributed by atoms with E-state index in [1.54, 1.807) is 0 Å². The molecule has 1 aliphatic carbocycles. The minimum absolute atomic E-state index is 0.00552. The molecule has 14 heavy (non-hydrogen) atoms. The fourth-order valence-corrected chi connectivity index (χ4v) is 2.46. The monoisotopic (exact) mass is 188 g/mol. The second kappa shape index (κ2) is 5.28. The zero-order chi connectivity index (χ0) is 10.6. The van der Waals surface area contributed by atoms with Crippen LogP contribution in [0, 0.1) is 5.92 Å². The highest BCUT2D eigenvalue weighted by atomic mass is 14.3. The largest absolute Gasteiger partial charge is 0.0774 e. The first kappa shape index (κ1) is 12.2. The summed E-state index contributed by atoms with van der Waals surface area (Å²) in [5.41, 5.74) is 0. The maximum atomic E-state index is 6.19. The first-order valence-electron chi connectivity index (χ1n) is 6.04. The van der Waals surface area contributed by atoms with Crippen molar-refractivity contribution < 1.29 is 0 Å². The number of hydrogen-bond acceptors (Lipinski definition) is 0. The van der Waals surface area contributed by atoms with Crippen LogP contribution in [0.15, 0.2) is 0 Å². The maximum Gasteiger partial charge on any atom is 0.0742 e. The second-order valence-corrected chi connectivity index (χ2v) is 5.49. The molecule has 0 nitrogen and oxygen atoms in total. The molecule has 0 aromatic carbocycles. The lowest BCUT2D eigenvalue weighted by Gasteiger charge is -2.31. The normalized spacial score (nSPS) is 31.6. The molecular formula is C12H22B2. The van der Waals surface area contributed by atoms with Crippen molar-refractivity contribution in [2.24, 2.45) is 5.92 Å². The van der Waals surface area contributed by atoms with Gasteiger partial charge in [0.25, 0.3) is 0 Å². The van der Waals surface area contributed by atoms with Crippen LogP contribution in [0.2, 0.25) is 11.1 Å². The Morgan fingerprint density at radius 2 is 1.43 bits per heavy atom. The Labute approximate surface area is 92.1 Å². The SMILES string of the molecule is [B]C1CCCCC(C([B])(C)C)CCC1. The van der Waals surface area contributed by atoms with Gasteiger partial charge in [-0.1, -0.05) is 69.9 Å². The highest BCUT2D eigenvalue weighted by molar-refractivity contribution is 6.14. The molecular weight excluding hydrogens is 166 g/mol. The molecule has 1 aliphatic rings. The first-order chi connectivity index (χ1) is 6.50. The minimum Gasteiger partial charge on any atom is -0.0774 e. The highest BCUT2D eigenvalue weighted by Gasteiger charge is 2.24. The Balaban J connectivity index is 2.45. The van der Waals surface area contributed by atoms with E-state index in [0.717, 1.165) is 0 Å². The predicted molar refractivity (Wildman–Crippen MR) is 65.1 cm³/mol. The van der Waals surface area contributed by atoms with Crippen LogP contribution in [-0.2, 0) is 0 Å². The molecule has 1 fully saturated rings. The molecule has 0 bridgehead atoms. The van der Waals surface area contributed by atoms with Crippen LogP contribution in [0.4, 0.5) is 0 Å². The van der Waals surface area contributed by atoms with E-state index in [1.165, 1.54) is 44.9 Å². The third-order valence-electron chi connectivity index (χ3n) is 3.56. The summed E-state index contributed by atoms with van der Waals surface area (Å²) in [7, 11) is 12.2. The quantitative estimate of drug-likeness (QED) is 0.550. The standard InChI is InChI=1S/C12H22B2/c1-12(2,14)10-6-3-4-8-11(13)9-5-7-10/h10-11H,3-9H2,1-2H3. The Morgan fingerprint density at radius 1 is 0.929 bits per heavy atom. The van der Waals surface area contributed by atoms with Gasteiger partial charge in [-0.15, -0.1) is 0 Å². The molecule has 2 unspecified atom stereocenters. The smallest absolute Gasteiger partial charge is 0.0742 e. The number of rotatable bonds is 1. The highest BCUT2D eigenvalue weighted by Crippen LogP contribution is 2.39. The summed E-state index contributed by atoms with van der Waals surface area (Å²) < 4.78 is 0. The van der Waals surface area contributed by atoms with Gasteiger partial charge in [0, 0.05) is 0 Å². The van der Waals surface area contributed by atoms with E-state index >= 15 is 0 Å². The van der Waals surface area contributed by atoms with Gasteiger partial charge >= 0.3 is 0 Å². The average Bonchev–Trinajstić information content (AvgIpc) is 2.15. The lowest BCUT2D eigenvalue weighted by atomic mass is 9.61. The molecule has 0 saturated heterocycles. The molecule has 0 N–H and O–H groups in total. The summed E-state index contributed by atoms with van der Waals surface area (Å²) >= 11 is 0. The van der Waals surface area contributed by atoms with E-state index in [0.29, 0.717) is 11.7 Å². The Bertz CT molecular complexity index is 160. The van der Waals surface area contributed by atoms with Crippen molar-refractivity contribution >= 4 is 15.7 Å². The zero-order valence-electron chi connectivity index (χ0n) is 9.76. The molecule has 76 valence electrons. The summed E-state index contributed by atoms with van der Waals surface area (Å²) in [4.78, 5) is 0. The molecule has 4 radical (unpaired) electrons. The summed E-state index contributed by atoms with van der Waals surface area (Å²) in [6.07, 6.45) is 8.79. The van der Waals surface area contributed by atoms with Gasteiger partial charge in [-0.2, -0.15) is 0 Å².